The Morgan fingerprint density at radius 3 is 2.52 bits per heavy atom. The summed E-state index contributed by atoms with van der Waals surface area (Å²) in [5.41, 5.74) is 2.21. The molecule has 1 aliphatic rings. The van der Waals surface area contributed by atoms with E-state index in [9.17, 15) is 0 Å². The van der Waals surface area contributed by atoms with Gasteiger partial charge in [0.2, 0.25) is 11.7 Å². The number of unbranched alkanes of at least 4 members (excludes halogenated alkanes) is 2. The van der Waals surface area contributed by atoms with E-state index >= 15 is 0 Å². The Morgan fingerprint density at radius 1 is 1.08 bits per heavy atom. The smallest absolute Gasteiger partial charge is 0.241 e. The van der Waals surface area contributed by atoms with Crippen LogP contribution in [-0.4, -0.2) is 52.7 Å². The first-order valence-corrected chi connectivity index (χ1v) is 8.96. The van der Waals surface area contributed by atoms with Crippen molar-refractivity contribution in [3.63, 3.8) is 0 Å². The standard InChI is InChI=1S/C19H25N5O/c1-16-5-7-17(8-6-16)19-21-18(25-22-19)15-24-13-11-23(12-14-24)10-4-2-3-9-20/h5-8H,2-4,10-15H2,1H3. The van der Waals surface area contributed by atoms with E-state index in [1.807, 2.05) is 12.1 Å². The predicted molar refractivity (Wildman–Crippen MR) is 95.7 cm³/mol. The minimum absolute atomic E-state index is 0.658. The molecule has 0 unspecified atom stereocenters. The molecular formula is C19H25N5O. The molecule has 6 heteroatoms. The normalized spacial score (nSPS) is 16.0. The summed E-state index contributed by atoms with van der Waals surface area (Å²) in [6, 6.07) is 10.4. The van der Waals surface area contributed by atoms with Crippen LogP contribution in [0.3, 0.4) is 0 Å². The molecule has 0 radical (unpaired) electrons. The van der Waals surface area contributed by atoms with Crippen molar-refractivity contribution in [1.82, 2.24) is 19.9 Å². The van der Waals surface area contributed by atoms with Crippen molar-refractivity contribution in [2.45, 2.75) is 32.7 Å². The fraction of sp³-hybridized carbons (Fsp3) is 0.526. The maximum Gasteiger partial charge on any atom is 0.241 e. The van der Waals surface area contributed by atoms with Gasteiger partial charge in [0.25, 0.3) is 0 Å². The maximum absolute atomic E-state index is 8.57. The lowest BCUT2D eigenvalue weighted by Crippen LogP contribution is -2.46. The molecular weight excluding hydrogens is 314 g/mol. The van der Waals surface area contributed by atoms with Gasteiger partial charge in [-0.05, 0) is 26.3 Å². The topological polar surface area (TPSA) is 69.2 Å². The average molecular weight is 339 g/mol. The van der Waals surface area contributed by atoms with Gasteiger partial charge in [-0.2, -0.15) is 10.2 Å². The third-order valence-electron chi connectivity index (χ3n) is 4.61. The number of benzene rings is 1. The van der Waals surface area contributed by atoms with E-state index in [2.05, 4.69) is 45.1 Å². The van der Waals surface area contributed by atoms with Gasteiger partial charge in [-0.25, -0.2) is 0 Å². The van der Waals surface area contributed by atoms with E-state index in [0.717, 1.165) is 51.1 Å². The Balaban J connectivity index is 1.45. The minimum atomic E-state index is 0.658. The van der Waals surface area contributed by atoms with Crippen LogP contribution in [0, 0.1) is 18.3 Å². The Morgan fingerprint density at radius 2 is 1.80 bits per heavy atom. The monoisotopic (exact) mass is 339 g/mol. The van der Waals surface area contributed by atoms with Crippen molar-refractivity contribution in [2.75, 3.05) is 32.7 Å². The lowest BCUT2D eigenvalue weighted by atomic mass is 10.1. The molecule has 0 amide bonds. The molecule has 2 aromatic rings. The van der Waals surface area contributed by atoms with Crippen LogP contribution in [0.25, 0.3) is 11.4 Å². The zero-order chi connectivity index (χ0) is 17.5. The minimum Gasteiger partial charge on any atom is -0.338 e. The van der Waals surface area contributed by atoms with Crippen LogP contribution in [0.5, 0.6) is 0 Å². The number of piperazine rings is 1. The fourth-order valence-electron chi connectivity index (χ4n) is 3.04. The number of nitriles is 1. The quantitative estimate of drug-likeness (QED) is 0.723. The molecule has 1 saturated heterocycles. The van der Waals surface area contributed by atoms with Crippen molar-refractivity contribution >= 4 is 0 Å². The molecule has 1 aromatic heterocycles. The van der Waals surface area contributed by atoms with Gasteiger partial charge in [0.15, 0.2) is 0 Å². The maximum atomic E-state index is 8.57. The molecule has 1 aliphatic heterocycles. The molecule has 6 nitrogen and oxygen atoms in total. The highest BCUT2D eigenvalue weighted by molar-refractivity contribution is 5.54. The SMILES string of the molecule is Cc1ccc(-c2noc(CN3CCN(CCCCC#N)CC3)n2)cc1. The predicted octanol–water partition coefficient (Wildman–Crippen LogP) is 2.86. The summed E-state index contributed by atoms with van der Waals surface area (Å²) in [5, 5.41) is 12.7. The van der Waals surface area contributed by atoms with Gasteiger partial charge in [-0.15, -0.1) is 0 Å². The van der Waals surface area contributed by atoms with Gasteiger partial charge in [-0.3, -0.25) is 4.90 Å². The Kier molecular flexibility index (Phi) is 6.15. The van der Waals surface area contributed by atoms with Gasteiger partial charge in [-0.1, -0.05) is 35.0 Å². The first-order valence-electron chi connectivity index (χ1n) is 8.96. The van der Waals surface area contributed by atoms with Crippen LogP contribution in [-0.2, 0) is 6.54 Å². The zero-order valence-electron chi connectivity index (χ0n) is 14.8. The molecule has 3 rings (SSSR count). The molecule has 0 atom stereocenters. The van der Waals surface area contributed by atoms with Crippen molar-refractivity contribution in [1.29, 1.82) is 5.26 Å². The average Bonchev–Trinajstić information content (AvgIpc) is 3.09. The van der Waals surface area contributed by atoms with Crippen molar-refractivity contribution in [3.8, 4) is 17.5 Å². The summed E-state index contributed by atoms with van der Waals surface area (Å²) >= 11 is 0. The highest BCUT2D eigenvalue weighted by atomic mass is 16.5. The molecule has 0 aliphatic carbocycles. The first kappa shape index (κ1) is 17.6. The van der Waals surface area contributed by atoms with Crippen molar-refractivity contribution < 1.29 is 4.52 Å². The van der Waals surface area contributed by atoms with Crippen molar-refractivity contribution in [2.24, 2.45) is 0 Å². The van der Waals surface area contributed by atoms with Gasteiger partial charge in [0, 0.05) is 38.2 Å². The zero-order valence-corrected chi connectivity index (χ0v) is 14.8. The number of rotatable bonds is 7. The van der Waals surface area contributed by atoms with Gasteiger partial charge < -0.3 is 9.42 Å². The molecule has 25 heavy (non-hydrogen) atoms. The number of nitrogens with zero attached hydrogens (tertiary/aromatic N) is 5. The lowest BCUT2D eigenvalue weighted by Gasteiger charge is -2.33. The second-order valence-electron chi connectivity index (χ2n) is 6.61. The molecule has 1 fully saturated rings. The van der Waals surface area contributed by atoms with E-state index < -0.39 is 0 Å². The summed E-state index contributed by atoms with van der Waals surface area (Å²) in [5.74, 6) is 1.34. The van der Waals surface area contributed by atoms with Gasteiger partial charge in [0.05, 0.1) is 12.6 Å². The molecule has 2 heterocycles. The van der Waals surface area contributed by atoms with E-state index in [4.69, 9.17) is 9.78 Å². The number of hydrogen-bond acceptors (Lipinski definition) is 6. The van der Waals surface area contributed by atoms with E-state index in [-0.39, 0.29) is 0 Å². The molecule has 0 bridgehead atoms. The third-order valence-corrected chi connectivity index (χ3v) is 4.61. The number of hydrogen-bond donors (Lipinski definition) is 0. The Bertz CT molecular complexity index is 695. The van der Waals surface area contributed by atoms with Crippen LogP contribution in [0.1, 0.15) is 30.7 Å². The summed E-state index contributed by atoms with van der Waals surface area (Å²) in [4.78, 5) is 9.36. The molecule has 0 saturated carbocycles. The van der Waals surface area contributed by atoms with Gasteiger partial charge in [0.1, 0.15) is 0 Å². The summed E-state index contributed by atoms with van der Waals surface area (Å²) < 4.78 is 5.42. The Labute approximate surface area is 149 Å². The first-order chi connectivity index (χ1) is 12.2. The van der Waals surface area contributed by atoms with E-state index in [1.165, 1.54) is 5.56 Å². The third kappa shape index (κ3) is 5.12. The molecule has 132 valence electrons. The van der Waals surface area contributed by atoms with Crippen LogP contribution in [0.15, 0.2) is 28.8 Å². The fourth-order valence-corrected chi connectivity index (χ4v) is 3.04. The highest BCUT2D eigenvalue weighted by Crippen LogP contribution is 2.17. The van der Waals surface area contributed by atoms with Crippen LogP contribution < -0.4 is 0 Å². The lowest BCUT2D eigenvalue weighted by molar-refractivity contribution is 0.115. The number of aromatic nitrogens is 2. The van der Waals surface area contributed by atoms with Crippen LogP contribution in [0.4, 0.5) is 0 Å². The Hall–Kier alpha value is -2.23. The second kappa shape index (κ2) is 8.75. The molecule has 1 aromatic carbocycles. The van der Waals surface area contributed by atoms with Gasteiger partial charge >= 0.3 is 0 Å². The largest absolute Gasteiger partial charge is 0.338 e. The molecule has 0 spiro atoms. The van der Waals surface area contributed by atoms with E-state index in [0.29, 0.717) is 24.7 Å². The molecule has 0 N–H and O–H groups in total. The second-order valence-corrected chi connectivity index (χ2v) is 6.61. The summed E-state index contributed by atoms with van der Waals surface area (Å²) in [7, 11) is 0. The van der Waals surface area contributed by atoms with E-state index in [1.54, 1.807) is 0 Å². The number of aryl methyl sites for hydroxylation is 1. The summed E-state index contributed by atoms with van der Waals surface area (Å²) in [6.07, 6.45) is 2.78. The highest BCUT2D eigenvalue weighted by Gasteiger charge is 2.19. The van der Waals surface area contributed by atoms with Crippen molar-refractivity contribution in [3.05, 3.63) is 35.7 Å². The van der Waals surface area contributed by atoms with Crippen LogP contribution in [0.2, 0.25) is 0 Å². The summed E-state index contributed by atoms with van der Waals surface area (Å²) in [6.45, 7) is 8.02. The van der Waals surface area contributed by atoms with Crippen LogP contribution >= 0.6 is 0 Å².